The Morgan fingerprint density at radius 1 is 1.64 bits per heavy atom. The zero-order chi connectivity index (χ0) is 8.85. The highest BCUT2D eigenvalue weighted by molar-refractivity contribution is 5.85. The molecule has 4 nitrogen and oxygen atoms in total. The Morgan fingerprint density at radius 3 is 2.55 bits per heavy atom. The summed E-state index contributed by atoms with van der Waals surface area (Å²) < 4.78 is 9.57. The van der Waals surface area contributed by atoms with Crippen LogP contribution in [0.1, 0.15) is 13.8 Å². The first-order valence-electron chi connectivity index (χ1n) is 3.16. The third-order valence-corrected chi connectivity index (χ3v) is 1.11. The molecule has 1 N–H and O–H groups in total. The van der Waals surface area contributed by atoms with Crippen molar-refractivity contribution in [1.29, 1.82) is 0 Å². The van der Waals surface area contributed by atoms with Gasteiger partial charge in [0.15, 0.2) is 6.29 Å². The second kappa shape index (κ2) is 4.73. The predicted molar refractivity (Wildman–Crippen MR) is 38.9 cm³/mol. The first-order valence-corrected chi connectivity index (χ1v) is 3.16. The van der Waals surface area contributed by atoms with Crippen LogP contribution in [-0.2, 0) is 14.3 Å². The summed E-state index contributed by atoms with van der Waals surface area (Å²) in [5, 5.41) is 8.38. The van der Waals surface area contributed by atoms with Crippen molar-refractivity contribution in [2.75, 3.05) is 7.11 Å². The van der Waals surface area contributed by atoms with E-state index in [1.54, 1.807) is 6.92 Å². The number of rotatable bonds is 4. The maximum Gasteiger partial charge on any atom is 0.334 e. The fraction of sp³-hybridized carbons (Fsp3) is 0.571. The smallest absolute Gasteiger partial charge is 0.334 e. The molecule has 1 unspecified atom stereocenters. The van der Waals surface area contributed by atoms with Gasteiger partial charge in [0.1, 0.15) is 0 Å². The second-order valence-electron chi connectivity index (χ2n) is 2.05. The molecular weight excluding hydrogens is 148 g/mol. The van der Waals surface area contributed by atoms with Gasteiger partial charge in [0.2, 0.25) is 0 Å². The number of aliphatic carboxylic acids is 1. The van der Waals surface area contributed by atoms with Gasteiger partial charge in [0, 0.05) is 7.11 Å². The molecule has 0 spiro atoms. The van der Waals surface area contributed by atoms with Gasteiger partial charge in [-0.3, -0.25) is 0 Å². The molecule has 0 aliphatic rings. The molecule has 0 rings (SSSR count). The third-order valence-electron chi connectivity index (χ3n) is 1.11. The molecule has 0 saturated carbocycles. The summed E-state index contributed by atoms with van der Waals surface area (Å²) in [5.74, 6) is -0.992. The van der Waals surface area contributed by atoms with Gasteiger partial charge in [-0.1, -0.05) is 0 Å². The molecule has 4 heteroatoms. The number of methoxy groups -OCH3 is 1. The summed E-state index contributed by atoms with van der Waals surface area (Å²) >= 11 is 0. The maximum absolute atomic E-state index is 10.2. The average molecular weight is 160 g/mol. The van der Waals surface area contributed by atoms with Gasteiger partial charge in [-0.25, -0.2) is 4.79 Å². The summed E-state index contributed by atoms with van der Waals surface area (Å²) in [7, 11) is 1.48. The largest absolute Gasteiger partial charge is 0.478 e. The van der Waals surface area contributed by atoms with Crippen LogP contribution in [0.4, 0.5) is 0 Å². The molecule has 0 aliphatic carbocycles. The first-order chi connectivity index (χ1) is 5.07. The topological polar surface area (TPSA) is 55.8 Å². The van der Waals surface area contributed by atoms with E-state index in [0.29, 0.717) is 0 Å². The van der Waals surface area contributed by atoms with Crippen molar-refractivity contribution in [3.63, 3.8) is 0 Å². The summed E-state index contributed by atoms with van der Waals surface area (Å²) in [5.41, 5.74) is 0.147. The van der Waals surface area contributed by atoms with Crippen molar-refractivity contribution >= 4 is 5.97 Å². The molecule has 0 amide bonds. The van der Waals surface area contributed by atoms with Gasteiger partial charge in [0.05, 0.1) is 11.8 Å². The molecule has 0 radical (unpaired) electrons. The lowest BCUT2D eigenvalue weighted by Gasteiger charge is -2.08. The van der Waals surface area contributed by atoms with Gasteiger partial charge >= 0.3 is 5.97 Å². The minimum Gasteiger partial charge on any atom is -0.478 e. The van der Waals surface area contributed by atoms with Crippen LogP contribution in [0.2, 0.25) is 0 Å². The van der Waals surface area contributed by atoms with Crippen molar-refractivity contribution < 1.29 is 19.4 Å². The lowest BCUT2D eigenvalue weighted by molar-refractivity contribution is -0.133. The second-order valence-corrected chi connectivity index (χ2v) is 2.05. The standard InChI is InChI=1S/C7H12O4/c1-5(7(8)9)4-11-6(2)10-3/h4,6H,1-3H3,(H,8,9). The minimum atomic E-state index is -0.992. The molecule has 0 heterocycles. The number of ether oxygens (including phenoxy) is 2. The predicted octanol–water partition coefficient (Wildman–Crippen LogP) is 0.984. The number of hydrogen-bond donors (Lipinski definition) is 1. The van der Waals surface area contributed by atoms with E-state index < -0.39 is 12.3 Å². The van der Waals surface area contributed by atoms with E-state index >= 15 is 0 Å². The van der Waals surface area contributed by atoms with E-state index in [9.17, 15) is 4.79 Å². The number of carboxylic acids is 1. The third kappa shape index (κ3) is 4.38. The number of carbonyl (C=O) groups is 1. The van der Waals surface area contributed by atoms with E-state index in [-0.39, 0.29) is 5.57 Å². The van der Waals surface area contributed by atoms with Crippen molar-refractivity contribution in [2.24, 2.45) is 0 Å². The molecule has 0 saturated heterocycles. The fourth-order valence-electron chi connectivity index (χ4n) is 0.304. The zero-order valence-electron chi connectivity index (χ0n) is 6.83. The fourth-order valence-corrected chi connectivity index (χ4v) is 0.304. The molecule has 64 valence electrons. The van der Waals surface area contributed by atoms with Crippen LogP contribution < -0.4 is 0 Å². The van der Waals surface area contributed by atoms with Crippen LogP contribution in [0, 0.1) is 0 Å². The highest BCUT2D eigenvalue weighted by Gasteiger charge is 2.01. The summed E-state index contributed by atoms with van der Waals surface area (Å²) in [4.78, 5) is 10.2. The van der Waals surface area contributed by atoms with Crippen LogP contribution in [0.25, 0.3) is 0 Å². The average Bonchev–Trinajstić information content (AvgIpc) is 1.99. The molecule has 1 atom stereocenters. The van der Waals surface area contributed by atoms with Crippen LogP contribution in [-0.4, -0.2) is 24.5 Å². The van der Waals surface area contributed by atoms with Crippen molar-refractivity contribution in [3.05, 3.63) is 11.8 Å². The summed E-state index contributed by atoms with van der Waals surface area (Å²) in [6.07, 6.45) is 0.751. The number of carboxylic acid groups (broad SMARTS) is 1. The Kier molecular flexibility index (Phi) is 4.29. The van der Waals surface area contributed by atoms with Crippen molar-refractivity contribution in [2.45, 2.75) is 20.1 Å². The minimum absolute atomic E-state index is 0.147. The maximum atomic E-state index is 10.2. The van der Waals surface area contributed by atoms with Gasteiger partial charge in [-0.2, -0.15) is 0 Å². The molecule has 0 fully saturated rings. The van der Waals surface area contributed by atoms with Gasteiger partial charge in [-0.15, -0.1) is 0 Å². The summed E-state index contributed by atoms with van der Waals surface area (Å²) in [6, 6.07) is 0. The van der Waals surface area contributed by atoms with Gasteiger partial charge < -0.3 is 14.6 Å². The van der Waals surface area contributed by atoms with E-state index in [1.807, 2.05) is 0 Å². The van der Waals surface area contributed by atoms with Gasteiger partial charge in [0.25, 0.3) is 0 Å². The van der Waals surface area contributed by atoms with E-state index in [0.717, 1.165) is 6.26 Å². The molecule has 0 aromatic carbocycles. The Hall–Kier alpha value is -1.03. The highest BCUT2D eigenvalue weighted by Crippen LogP contribution is 1.97. The van der Waals surface area contributed by atoms with Crippen LogP contribution in [0.15, 0.2) is 11.8 Å². The molecule has 0 aromatic rings. The Balaban J connectivity index is 3.82. The molecule has 0 aliphatic heterocycles. The Bertz CT molecular complexity index is 162. The van der Waals surface area contributed by atoms with E-state index in [2.05, 4.69) is 0 Å². The first kappa shape index (κ1) is 9.97. The number of hydrogen-bond acceptors (Lipinski definition) is 3. The summed E-state index contributed by atoms with van der Waals surface area (Å²) in [6.45, 7) is 3.12. The van der Waals surface area contributed by atoms with E-state index in [1.165, 1.54) is 14.0 Å². The van der Waals surface area contributed by atoms with Crippen molar-refractivity contribution in [1.82, 2.24) is 0 Å². The van der Waals surface area contributed by atoms with Crippen LogP contribution in [0.3, 0.4) is 0 Å². The highest BCUT2D eigenvalue weighted by atomic mass is 16.7. The normalized spacial score (nSPS) is 14.3. The molecule has 0 aromatic heterocycles. The lowest BCUT2D eigenvalue weighted by Crippen LogP contribution is -2.07. The molecular formula is C7H12O4. The van der Waals surface area contributed by atoms with Gasteiger partial charge in [-0.05, 0) is 13.8 Å². The zero-order valence-corrected chi connectivity index (χ0v) is 6.83. The van der Waals surface area contributed by atoms with E-state index in [4.69, 9.17) is 14.6 Å². The Morgan fingerprint density at radius 2 is 2.18 bits per heavy atom. The quantitative estimate of drug-likeness (QED) is 0.378. The van der Waals surface area contributed by atoms with Crippen LogP contribution in [0.5, 0.6) is 0 Å². The lowest BCUT2D eigenvalue weighted by atomic mass is 10.3. The monoisotopic (exact) mass is 160 g/mol. The van der Waals surface area contributed by atoms with Crippen LogP contribution >= 0.6 is 0 Å². The van der Waals surface area contributed by atoms with Crippen molar-refractivity contribution in [3.8, 4) is 0 Å². The molecule has 0 bridgehead atoms. The molecule has 11 heavy (non-hydrogen) atoms. The SMILES string of the molecule is COC(C)OC=C(C)C(=O)O. The Labute approximate surface area is 65.4 Å².